The van der Waals surface area contributed by atoms with Gasteiger partial charge in [0, 0.05) is 25.2 Å². The minimum absolute atomic E-state index is 0. The molecule has 1 atom stereocenters. The Balaban J connectivity index is 0.00000338. The van der Waals surface area contributed by atoms with Gasteiger partial charge in [0.15, 0.2) is 5.96 Å². The van der Waals surface area contributed by atoms with Gasteiger partial charge >= 0.3 is 0 Å². The van der Waals surface area contributed by atoms with Gasteiger partial charge in [-0.25, -0.2) is 0 Å². The minimum atomic E-state index is 0. The minimum Gasteiger partial charge on any atom is -0.496 e. The van der Waals surface area contributed by atoms with Crippen molar-refractivity contribution in [1.29, 1.82) is 0 Å². The molecule has 1 unspecified atom stereocenters. The number of hydrogen-bond donors (Lipinski definition) is 1. The summed E-state index contributed by atoms with van der Waals surface area (Å²) in [6, 6.07) is 8.40. The summed E-state index contributed by atoms with van der Waals surface area (Å²) < 4.78 is 5.56. The largest absolute Gasteiger partial charge is 0.496 e. The Hall–Kier alpha value is -1.02. The summed E-state index contributed by atoms with van der Waals surface area (Å²) >= 11 is 0. The van der Waals surface area contributed by atoms with Gasteiger partial charge in [0.2, 0.25) is 0 Å². The Labute approximate surface area is 176 Å². The van der Waals surface area contributed by atoms with Crippen LogP contribution >= 0.6 is 24.0 Å². The number of hydrogen-bond acceptors (Lipinski definition) is 3. The summed E-state index contributed by atoms with van der Waals surface area (Å²) in [7, 11) is 5.92. The average molecular weight is 474 g/mol. The lowest BCUT2D eigenvalue weighted by atomic mass is 9.93. The van der Waals surface area contributed by atoms with Gasteiger partial charge in [-0.3, -0.25) is 4.99 Å². The quantitative estimate of drug-likeness (QED) is 0.389. The third kappa shape index (κ3) is 6.01. The van der Waals surface area contributed by atoms with Crippen LogP contribution in [0.15, 0.2) is 29.3 Å². The van der Waals surface area contributed by atoms with Crippen molar-refractivity contribution in [3.8, 4) is 5.75 Å². The topological polar surface area (TPSA) is 40.1 Å². The van der Waals surface area contributed by atoms with Gasteiger partial charge in [-0.1, -0.05) is 32.0 Å². The number of halogens is 1. The van der Waals surface area contributed by atoms with Crippen LogP contribution in [0.25, 0.3) is 0 Å². The summed E-state index contributed by atoms with van der Waals surface area (Å²) in [5.74, 6) is 1.94. The number of aliphatic imine (C=N–C) groups is 1. The molecule has 1 aliphatic heterocycles. The zero-order valence-corrected chi connectivity index (χ0v) is 19.4. The zero-order chi connectivity index (χ0) is 18.4. The summed E-state index contributed by atoms with van der Waals surface area (Å²) in [6.45, 7) is 10.5. The van der Waals surface area contributed by atoms with Crippen molar-refractivity contribution in [2.45, 2.75) is 33.2 Å². The molecule has 0 bridgehead atoms. The number of likely N-dealkylation sites (N-methyl/N-ethyl adjacent to an activating group) is 1. The number of nitrogens with zero attached hydrogens (tertiary/aromatic N) is 3. The first-order valence-corrected chi connectivity index (χ1v) is 9.20. The fourth-order valence-corrected chi connectivity index (χ4v) is 3.37. The third-order valence-corrected chi connectivity index (χ3v) is 4.85. The smallest absolute Gasteiger partial charge is 0.194 e. The molecule has 1 heterocycles. The van der Waals surface area contributed by atoms with Crippen molar-refractivity contribution in [2.75, 3.05) is 47.4 Å². The molecule has 0 radical (unpaired) electrons. The van der Waals surface area contributed by atoms with Crippen LogP contribution in [-0.2, 0) is 0 Å². The zero-order valence-electron chi connectivity index (χ0n) is 17.1. The normalized spacial score (nSPS) is 17.8. The maximum absolute atomic E-state index is 5.56. The molecule has 0 amide bonds. The molecule has 1 aromatic rings. The highest BCUT2D eigenvalue weighted by molar-refractivity contribution is 14.0. The van der Waals surface area contributed by atoms with Crippen LogP contribution in [0.2, 0.25) is 0 Å². The predicted octanol–water partition coefficient (Wildman–Crippen LogP) is 3.61. The van der Waals surface area contributed by atoms with Gasteiger partial charge in [0.25, 0.3) is 0 Å². The predicted molar refractivity (Wildman–Crippen MR) is 121 cm³/mol. The molecule has 0 aromatic heterocycles. The van der Waals surface area contributed by atoms with Gasteiger partial charge in [0.05, 0.1) is 19.7 Å². The van der Waals surface area contributed by atoms with E-state index in [9.17, 15) is 0 Å². The fraction of sp³-hybridized carbons (Fsp3) is 0.650. The molecule has 1 aromatic carbocycles. The molecule has 0 spiro atoms. The maximum atomic E-state index is 5.56. The van der Waals surface area contributed by atoms with Crippen molar-refractivity contribution in [3.05, 3.63) is 29.8 Å². The van der Waals surface area contributed by atoms with Crippen LogP contribution in [0.3, 0.4) is 0 Å². The highest BCUT2D eigenvalue weighted by Gasteiger charge is 2.31. The number of benzene rings is 1. The molecule has 1 N–H and O–H groups in total. The van der Waals surface area contributed by atoms with Gasteiger partial charge in [-0.2, -0.15) is 0 Å². The van der Waals surface area contributed by atoms with Crippen LogP contribution < -0.4 is 10.1 Å². The molecule has 2 rings (SSSR count). The van der Waals surface area contributed by atoms with Crippen LogP contribution in [-0.4, -0.2) is 63.1 Å². The molecule has 1 aliphatic rings. The van der Waals surface area contributed by atoms with Gasteiger partial charge in [-0.15, -0.1) is 24.0 Å². The van der Waals surface area contributed by atoms with Crippen molar-refractivity contribution in [2.24, 2.45) is 10.4 Å². The lowest BCUT2D eigenvalue weighted by molar-refractivity contribution is 0.293. The Bertz CT molecular complexity index is 589. The van der Waals surface area contributed by atoms with E-state index in [1.807, 2.05) is 12.1 Å². The van der Waals surface area contributed by atoms with E-state index in [0.717, 1.165) is 31.3 Å². The van der Waals surface area contributed by atoms with Gasteiger partial charge in [0.1, 0.15) is 5.75 Å². The van der Waals surface area contributed by atoms with E-state index in [1.165, 1.54) is 12.0 Å². The number of likely N-dealkylation sites (tertiary alicyclic amines) is 1. The van der Waals surface area contributed by atoms with Gasteiger partial charge in [-0.05, 0) is 38.9 Å². The highest BCUT2D eigenvalue weighted by Crippen LogP contribution is 2.30. The van der Waals surface area contributed by atoms with Crippen molar-refractivity contribution >= 4 is 29.9 Å². The van der Waals surface area contributed by atoms with Crippen LogP contribution in [0.5, 0.6) is 5.75 Å². The highest BCUT2D eigenvalue weighted by atomic mass is 127. The third-order valence-electron chi connectivity index (χ3n) is 4.85. The van der Waals surface area contributed by atoms with E-state index >= 15 is 0 Å². The number of ether oxygens (including phenoxy) is 1. The van der Waals surface area contributed by atoms with Crippen LogP contribution in [0, 0.1) is 5.41 Å². The standard InChI is InChI=1S/C20H34N4O.HI/c1-7-21-19(24-13-12-20(2,3)15-24)22-14-17(23(4)5)16-10-8-9-11-18(16)25-6;/h8-11,17H,7,12-15H2,1-6H3,(H,21,22);1H. The molecule has 5 nitrogen and oxygen atoms in total. The Morgan fingerprint density at radius 3 is 2.58 bits per heavy atom. The van der Waals surface area contributed by atoms with E-state index < -0.39 is 0 Å². The molecule has 1 fully saturated rings. The lowest BCUT2D eigenvalue weighted by Gasteiger charge is -2.27. The summed E-state index contributed by atoms with van der Waals surface area (Å²) in [4.78, 5) is 9.56. The SMILES string of the molecule is CCNC(=NCC(c1ccccc1OC)N(C)C)N1CCC(C)(C)C1.I. The number of guanidine groups is 1. The molecule has 6 heteroatoms. The van der Waals surface area contributed by atoms with E-state index in [4.69, 9.17) is 9.73 Å². The lowest BCUT2D eigenvalue weighted by Crippen LogP contribution is -2.41. The van der Waals surface area contributed by atoms with Crippen molar-refractivity contribution < 1.29 is 4.74 Å². The molecule has 1 saturated heterocycles. The Morgan fingerprint density at radius 1 is 1.35 bits per heavy atom. The molecular formula is C20H35IN4O. The van der Waals surface area contributed by atoms with E-state index in [0.29, 0.717) is 12.0 Å². The first-order valence-electron chi connectivity index (χ1n) is 9.20. The summed E-state index contributed by atoms with van der Waals surface area (Å²) in [6.07, 6.45) is 1.21. The maximum Gasteiger partial charge on any atom is 0.194 e. The fourth-order valence-electron chi connectivity index (χ4n) is 3.37. The second-order valence-electron chi connectivity index (χ2n) is 7.75. The van der Waals surface area contributed by atoms with Crippen molar-refractivity contribution in [3.63, 3.8) is 0 Å². The van der Waals surface area contributed by atoms with E-state index in [1.54, 1.807) is 7.11 Å². The summed E-state index contributed by atoms with van der Waals surface area (Å²) in [5.41, 5.74) is 1.54. The van der Waals surface area contributed by atoms with Crippen molar-refractivity contribution in [1.82, 2.24) is 15.1 Å². The monoisotopic (exact) mass is 474 g/mol. The van der Waals surface area contributed by atoms with Crippen LogP contribution in [0.4, 0.5) is 0 Å². The number of methoxy groups -OCH3 is 1. The van der Waals surface area contributed by atoms with Gasteiger partial charge < -0.3 is 19.9 Å². The Morgan fingerprint density at radius 2 is 2.04 bits per heavy atom. The first-order chi connectivity index (χ1) is 11.9. The first kappa shape index (κ1) is 23.0. The average Bonchev–Trinajstić information content (AvgIpc) is 2.94. The second-order valence-corrected chi connectivity index (χ2v) is 7.75. The van der Waals surface area contributed by atoms with E-state index in [2.05, 4.69) is 62.1 Å². The number of rotatable bonds is 6. The molecule has 148 valence electrons. The summed E-state index contributed by atoms with van der Waals surface area (Å²) in [5, 5.41) is 3.46. The van der Waals surface area contributed by atoms with E-state index in [-0.39, 0.29) is 30.0 Å². The molecule has 26 heavy (non-hydrogen) atoms. The Kier molecular flexibility index (Phi) is 9.16. The second kappa shape index (κ2) is 10.3. The number of nitrogens with one attached hydrogen (secondary N) is 1. The number of para-hydroxylation sites is 1. The molecule has 0 aliphatic carbocycles. The van der Waals surface area contributed by atoms with Crippen LogP contribution in [0.1, 0.15) is 38.8 Å². The molecular weight excluding hydrogens is 439 g/mol. The molecule has 0 saturated carbocycles.